The first-order valence-electron chi connectivity index (χ1n) is 8.96. The van der Waals surface area contributed by atoms with Gasteiger partial charge in [-0.2, -0.15) is 0 Å². The first-order valence-corrected chi connectivity index (χ1v) is 8.96. The summed E-state index contributed by atoms with van der Waals surface area (Å²) in [6.45, 7) is 4.32. The molecule has 2 aromatic rings. The minimum atomic E-state index is 0.166. The van der Waals surface area contributed by atoms with Crippen molar-refractivity contribution in [2.24, 2.45) is 0 Å². The van der Waals surface area contributed by atoms with Gasteiger partial charge in [0.05, 0.1) is 17.6 Å². The lowest BCUT2D eigenvalue weighted by molar-refractivity contribution is -0.121. The molecule has 1 amide bonds. The number of unbranched alkanes of at least 4 members (excludes halogenated alkanes) is 2. The molecule has 1 heterocycles. The van der Waals surface area contributed by atoms with Crippen molar-refractivity contribution in [1.82, 2.24) is 14.9 Å². The Kier molecular flexibility index (Phi) is 7.75. The molecule has 2 rings (SSSR count). The van der Waals surface area contributed by atoms with Gasteiger partial charge in [0.2, 0.25) is 5.91 Å². The number of nitrogens with zero attached hydrogens (tertiary/aromatic N) is 2. The minimum absolute atomic E-state index is 0.166. The van der Waals surface area contributed by atoms with Gasteiger partial charge in [-0.15, -0.1) is 0 Å². The van der Waals surface area contributed by atoms with Crippen molar-refractivity contribution in [3.05, 3.63) is 30.1 Å². The second-order valence-corrected chi connectivity index (χ2v) is 6.07. The number of hydrogen-bond acceptors (Lipinski definition) is 3. The van der Waals surface area contributed by atoms with Crippen LogP contribution in [0.5, 0.6) is 0 Å². The van der Waals surface area contributed by atoms with Crippen LogP contribution >= 0.6 is 0 Å². The highest BCUT2D eigenvalue weighted by molar-refractivity contribution is 5.76. The Morgan fingerprint density at radius 3 is 2.88 bits per heavy atom. The topological polar surface area (TPSA) is 56.2 Å². The maximum atomic E-state index is 11.4. The van der Waals surface area contributed by atoms with Crippen molar-refractivity contribution in [2.45, 2.75) is 52.0 Å². The summed E-state index contributed by atoms with van der Waals surface area (Å²) >= 11 is 0. The van der Waals surface area contributed by atoms with Gasteiger partial charge in [-0.05, 0) is 31.4 Å². The third-order valence-electron chi connectivity index (χ3n) is 4.13. The molecule has 0 aliphatic rings. The Morgan fingerprint density at radius 1 is 1.25 bits per heavy atom. The summed E-state index contributed by atoms with van der Waals surface area (Å²) in [4.78, 5) is 16.2. The quantitative estimate of drug-likeness (QED) is 0.643. The van der Waals surface area contributed by atoms with Crippen LogP contribution in [0.15, 0.2) is 24.3 Å². The molecular weight excluding hydrogens is 302 g/mol. The van der Waals surface area contributed by atoms with Crippen molar-refractivity contribution in [3.63, 3.8) is 0 Å². The number of carbonyl (C=O) groups is 1. The van der Waals surface area contributed by atoms with Crippen LogP contribution in [0.2, 0.25) is 0 Å². The van der Waals surface area contributed by atoms with E-state index in [1.807, 2.05) is 13.0 Å². The average molecular weight is 331 g/mol. The number of rotatable bonds is 11. The molecule has 0 saturated carbocycles. The molecule has 1 aromatic heterocycles. The Bertz CT molecular complexity index is 637. The van der Waals surface area contributed by atoms with Crippen LogP contribution in [0.4, 0.5) is 0 Å². The lowest BCUT2D eigenvalue weighted by Crippen LogP contribution is -2.23. The van der Waals surface area contributed by atoms with E-state index in [-0.39, 0.29) is 5.91 Å². The molecule has 132 valence electrons. The normalized spacial score (nSPS) is 11.1. The van der Waals surface area contributed by atoms with Crippen LogP contribution in [0, 0.1) is 0 Å². The number of hydrogen-bond donors (Lipinski definition) is 1. The summed E-state index contributed by atoms with van der Waals surface area (Å²) in [5.74, 6) is 1.29. The maximum absolute atomic E-state index is 11.4. The van der Waals surface area contributed by atoms with Gasteiger partial charge in [-0.1, -0.05) is 25.5 Å². The van der Waals surface area contributed by atoms with Crippen molar-refractivity contribution >= 4 is 16.9 Å². The predicted molar refractivity (Wildman–Crippen MR) is 97.1 cm³/mol. The van der Waals surface area contributed by atoms with E-state index in [1.54, 1.807) is 7.11 Å². The molecule has 0 fully saturated rings. The fraction of sp³-hybridized carbons (Fsp3) is 0.579. The molecule has 5 heteroatoms. The number of aromatic nitrogens is 2. The molecule has 0 radical (unpaired) electrons. The fourth-order valence-corrected chi connectivity index (χ4v) is 2.88. The average Bonchev–Trinajstić information content (AvgIpc) is 2.94. The molecule has 1 N–H and O–H groups in total. The molecule has 0 saturated heterocycles. The number of carbonyl (C=O) groups excluding carboxylic acids is 1. The van der Waals surface area contributed by atoms with Crippen molar-refractivity contribution in [3.8, 4) is 0 Å². The zero-order valence-electron chi connectivity index (χ0n) is 14.9. The van der Waals surface area contributed by atoms with Crippen molar-refractivity contribution < 1.29 is 9.53 Å². The predicted octanol–water partition coefficient (Wildman–Crippen LogP) is 3.31. The van der Waals surface area contributed by atoms with Crippen molar-refractivity contribution in [1.29, 1.82) is 0 Å². The lowest BCUT2D eigenvalue weighted by atomic mass is 10.2. The summed E-state index contributed by atoms with van der Waals surface area (Å²) in [5.41, 5.74) is 2.23. The highest BCUT2D eigenvalue weighted by Gasteiger charge is 2.09. The van der Waals surface area contributed by atoms with Gasteiger partial charge >= 0.3 is 0 Å². The van der Waals surface area contributed by atoms with Crippen molar-refractivity contribution in [2.75, 3.05) is 20.3 Å². The Hall–Kier alpha value is -1.88. The summed E-state index contributed by atoms with van der Waals surface area (Å²) in [5, 5.41) is 2.97. The number of amides is 1. The smallest absolute Gasteiger partial charge is 0.219 e. The number of aryl methyl sites for hydroxylation is 1. The third kappa shape index (κ3) is 5.34. The van der Waals surface area contributed by atoms with E-state index >= 15 is 0 Å². The molecule has 0 aliphatic heterocycles. The van der Waals surface area contributed by atoms with E-state index < -0.39 is 0 Å². The number of para-hydroxylation sites is 2. The van der Waals surface area contributed by atoms with Crippen LogP contribution in [0.1, 0.15) is 44.9 Å². The molecule has 0 atom stereocenters. The number of fused-ring (bicyclic) bond motifs is 1. The minimum Gasteiger partial charge on any atom is -0.383 e. The monoisotopic (exact) mass is 331 g/mol. The lowest BCUT2D eigenvalue weighted by Gasteiger charge is -2.09. The van der Waals surface area contributed by atoms with Gasteiger partial charge in [0.1, 0.15) is 5.82 Å². The molecule has 0 spiro atoms. The standard InChI is InChI=1S/C19H29N3O2/c1-3-9-19(23)20-13-8-4-5-12-18-21-16-10-6-7-11-17(16)22(18)14-15-24-2/h6-7,10-11H,3-5,8-9,12-15H2,1-2H3,(H,20,23). The number of nitrogens with one attached hydrogen (secondary N) is 1. The van der Waals surface area contributed by atoms with E-state index in [2.05, 4.69) is 28.1 Å². The van der Waals surface area contributed by atoms with E-state index in [1.165, 1.54) is 5.52 Å². The first-order chi connectivity index (χ1) is 11.8. The van der Waals surface area contributed by atoms with Crippen LogP contribution in [-0.2, 0) is 22.5 Å². The van der Waals surface area contributed by atoms with Crippen LogP contribution < -0.4 is 5.32 Å². The Balaban J connectivity index is 1.82. The van der Waals surface area contributed by atoms with Crippen LogP contribution in [0.25, 0.3) is 11.0 Å². The summed E-state index contributed by atoms with van der Waals surface area (Å²) < 4.78 is 7.50. The zero-order chi connectivity index (χ0) is 17.2. The van der Waals surface area contributed by atoms with Gasteiger partial charge in [-0.3, -0.25) is 4.79 Å². The van der Waals surface area contributed by atoms with E-state index in [0.29, 0.717) is 13.0 Å². The van der Waals surface area contributed by atoms with Gasteiger partial charge in [0.25, 0.3) is 0 Å². The third-order valence-corrected chi connectivity index (χ3v) is 4.13. The molecule has 0 unspecified atom stereocenters. The molecule has 24 heavy (non-hydrogen) atoms. The summed E-state index contributed by atoms with van der Waals surface area (Å²) in [6, 6.07) is 8.25. The van der Waals surface area contributed by atoms with E-state index in [0.717, 1.165) is 56.5 Å². The fourth-order valence-electron chi connectivity index (χ4n) is 2.88. The van der Waals surface area contributed by atoms with Gasteiger partial charge in [-0.25, -0.2) is 4.98 Å². The molecule has 0 aliphatic carbocycles. The summed E-state index contributed by atoms with van der Waals surface area (Å²) in [7, 11) is 1.73. The number of ether oxygens (including phenoxy) is 1. The van der Waals surface area contributed by atoms with E-state index in [4.69, 9.17) is 9.72 Å². The number of imidazole rings is 1. The zero-order valence-corrected chi connectivity index (χ0v) is 14.9. The maximum Gasteiger partial charge on any atom is 0.219 e. The molecule has 5 nitrogen and oxygen atoms in total. The van der Waals surface area contributed by atoms with Crippen LogP contribution in [0.3, 0.4) is 0 Å². The highest BCUT2D eigenvalue weighted by Crippen LogP contribution is 2.17. The largest absolute Gasteiger partial charge is 0.383 e. The van der Waals surface area contributed by atoms with Crippen LogP contribution in [-0.4, -0.2) is 35.7 Å². The van der Waals surface area contributed by atoms with E-state index in [9.17, 15) is 4.79 Å². The Labute approximate surface area is 144 Å². The number of methoxy groups -OCH3 is 1. The van der Waals surface area contributed by atoms with Gasteiger partial charge in [0.15, 0.2) is 0 Å². The highest BCUT2D eigenvalue weighted by atomic mass is 16.5. The SMILES string of the molecule is CCCC(=O)NCCCCCc1nc2ccccc2n1CCOC. The summed E-state index contributed by atoms with van der Waals surface area (Å²) in [6.07, 6.45) is 5.70. The molecule has 1 aromatic carbocycles. The second-order valence-electron chi connectivity index (χ2n) is 6.07. The molecule has 0 bridgehead atoms. The second kappa shape index (κ2) is 10.1. The number of benzene rings is 1. The van der Waals surface area contributed by atoms with Gasteiger partial charge in [0, 0.05) is 33.0 Å². The van der Waals surface area contributed by atoms with Gasteiger partial charge < -0.3 is 14.6 Å². The first kappa shape index (κ1) is 18.5. The Morgan fingerprint density at radius 2 is 2.08 bits per heavy atom. The molecular formula is C19H29N3O2.